The van der Waals surface area contributed by atoms with E-state index in [1.165, 1.54) is 73.5 Å². The van der Waals surface area contributed by atoms with E-state index in [1.54, 1.807) is 11.3 Å². The Morgan fingerprint density at radius 1 is 0.481 bits per heavy atom. The van der Waals surface area contributed by atoms with Gasteiger partial charge in [-0.05, 0) is 138 Å². The molecule has 0 N–H and O–H groups in total. The van der Waals surface area contributed by atoms with Crippen molar-refractivity contribution < 1.29 is 0 Å². The van der Waals surface area contributed by atoms with E-state index < -0.39 is 0 Å². The summed E-state index contributed by atoms with van der Waals surface area (Å²) in [6, 6.07) is 61.9. The highest BCUT2D eigenvalue weighted by molar-refractivity contribution is 7.17. The summed E-state index contributed by atoms with van der Waals surface area (Å²) in [6.45, 7) is 0. The van der Waals surface area contributed by atoms with E-state index in [-0.39, 0.29) is 0 Å². The molecule has 0 spiro atoms. The van der Waals surface area contributed by atoms with Crippen LogP contribution in [0.15, 0.2) is 188 Å². The first-order valence-corrected chi connectivity index (χ1v) is 19.8. The Morgan fingerprint density at radius 3 is 2.00 bits per heavy atom. The van der Waals surface area contributed by atoms with Crippen molar-refractivity contribution in [2.45, 2.75) is 25.7 Å². The number of benzene rings is 7. The Morgan fingerprint density at radius 2 is 1.20 bits per heavy atom. The Bertz CT molecular complexity index is 2780. The van der Waals surface area contributed by atoms with Gasteiger partial charge in [-0.1, -0.05) is 91.0 Å². The van der Waals surface area contributed by atoms with Crippen molar-refractivity contribution in [3.05, 3.63) is 188 Å². The van der Waals surface area contributed by atoms with Crippen LogP contribution in [0.4, 0.5) is 34.1 Å². The molecule has 2 aromatic heterocycles. The van der Waals surface area contributed by atoms with E-state index in [4.69, 9.17) is 0 Å². The largest absolute Gasteiger partial charge is 0.321 e. The minimum absolute atomic E-state index is 1.12. The third-order valence-electron chi connectivity index (χ3n) is 10.8. The van der Waals surface area contributed by atoms with Gasteiger partial charge in [-0.3, -0.25) is 0 Å². The standard InChI is InChI=1S/C50H39N3S/c1-4-13-39(14-5-1)51-32-30-47-45-20-11-21-49(46(45)28-29-48(47)51)53(41-17-8-3-9-18-41)43-19-10-12-38(34-43)36-22-25-42(26-23-36)52(40-15-6-2-7-16-40)44-27-24-37-31-33-54-50(37)35-44/h2-3,6-13,15-35H,1,4-5,14H2. The Hall–Kier alpha value is -6.36. The summed E-state index contributed by atoms with van der Waals surface area (Å²) in [6.07, 6.45) is 9.54. The molecule has 0 saturated carbocycles. The van der Waals surface area contributed by atoms with Crippen molar-refractivity contribution in [3.63, 3.8) is 0 Å². The third kappa shape index (κ3) is 5.85. The molecule has 0 aliphatic heterocycles. The maximum Gasteiger partial charge on any atom is 0.0540 e. The lowest BCUT2D eigenvalue weighted by molar-refractivity contribution is 0.721. The first-order valence-electron chi connectivity index (χ1n) is 18.9. The summed E-state index contributed by atoms with van der Waals surface area (Å²) in [7, 11) is 0. The van der Waals surface area contributed by atoms with E-state index in [9.17, 15) is 0 Å². The molecule has 0 amide bonds. The molecule has 1 aliphatic rings. The molecular weight excluding hydrogens is 675 g/mol. The number of allylic oxidation sites excluding steroid dienone is 2. The summed E-state index contributed by atoms with van der Waals surface area (Å²) >= 11 is 1.78. The van der Waals surface area contributed by atoms with Crippen LogP contribution in [0.2, 0.25) is 0 Å². The number of hydrogen-bond donors (Lipinski definition) is 0. The van der Waals surface area contributed by atoms with Gasteiger partial charge in [-0.25, -0.2) is 0 Å². The highest BCUT2D eigenvalue weighted by Crippen LogP contribution is 2.43. The SMILES string of the molecule is C1=C(n2ccc3c4cccc(N(c5ccccc5)c5cccc(-c6ccc(N(c7ccccc7)c7ccc8ccsc8c7)cc6)c5)c4ccc32)CCCC1. The summed E-state index contributed by atoms with van der Waals surface area (Å²) < 4.78 is 3.70. The van der Waals surface area contributed by atoms with E-state index in [0.29, 0.717) is 0 Å². The molecule has 2 heterocycles. The van der Waals surface area contributed by atoms with Crippen LogP contribution in [0.5, 0.6) is 0 Å². The number of nitrogens with zero attached hydrogens (tertiary/aromatic N) is 3. The lowest BCUT2D eigenvalue weighted by Crippen LogP contribution is -2.10. The second kappa shape index (κ2) is 13.9. The second-order valence-corrected chi connectivity index (χ2v) is 15.0. The molecule has 1 aliphatic carbocycles. The lowest BCUT2D eigenvalue weighted by Gasteiger charge is -2.27. The molecule has 0 atom stereocenters. The van der Waals surface area contributed by atoms with Gasteiger partial charge in [-0.15, -0.1) is 11.3 Å². The monoisotopic (exact) mass is 713 g/mol. The number of anilines is 6. The second-order valence-electron chi connectivity index (χ2n) is 14.1. The van der Waals surface area contributed by atoms with Crippen LogP contribution in [-0.2, 0) is 0 Å². The predicted octanol–water partition coefficient (Wildman–Crippen LogP) is 15.0. The quantitative estimate of drug-likeness (QED) is 0.155. The summed E-state index contributed by atoms with van der Waals surface area (Å²) in [5.41, 5.74) is 11.9. The molecule has 0 radical (unpaired) electrons. The van der Waals surface area contributed by atoms with Gasteiger partial charge in [0, 0.05) is 55.8 Å². The highest BCUT2D eigenvalue weighted by atomic mass is 32.1. The minimum atomic E-state index is 1.12. The summed E-state index contributed by atoms with van der Waals surface area (Å²) in [5.74, 6) is 0. The molecule has 260 valence electrons. The van der Waals surface area contributed by atoms with Crippen LogP contribution in [0.25, 0.3) is 48.6 Å². The number of hydrogen-bond acceptors (Lipinski definition) is 3. The number of aromatic nitrogens is 1. The van der Waals surface area contributed by atoms with Gasteiger partial charge in [0.15, 0.2) is 0 Å². The van der Waals surface area contributed by atoms with Crippen LogP contribution in [-0.4, -0.2) is 4.57 Å². The zero-order valence-corrected chi connectivity index (χ0v) is 30.8. The fourth-order valence-corrected chi connectivity index (χ4v) is 9.01. The van der Waals surface area contributed by atoms with E-state index >= 15 is 0 Å². The third-order valence-corrected chi connectivity index (χ3v) is 11.7. The van der Waals surface area contributed by atoms with Crippen molar-refractivity contribution in [2.24, 2.45) is 0 Å². The van der Waals surface area contributed by atoms with Crippen molar-refractivity contribution in [1.82, 2.24) is 4.57 Å². The number of thiophene rings is 1. The van der Waals surface area contributed by atoms with Crippen LogP contribution in [0.1, 0.15) is 25.7 Å². The highest BCUT2D eigenvalue weighted by Gasteiger charge is 2.19. The molecule has 54 heavy (non-hydrogen) atoms. The Kier molecular flexibility index (Phi) is 8.31. The fraction of sp³-hybridized carbons (Fsp3) is 0.0800. The molecule has 0 unspecified atom stereocenters. The average molecular weight is 714 g/mol. The zero-order valence-electron chi connectivity index (χ0n) is 30.0. The van der Waals surface area contributed by atoms with Crippen molar-refractivity contribution >= 4 is 82.9 Å². The molecule has 0 bridgehead atoms. The van der Waals surface area contributed by atoms with E-state index in [1.807, 2.05) is 0 Å². The molecule has 10 rings (SSSR count). The van der Waals surface area contributed by atoms with Gasteiger partial charge in [-0.2, -0.15) is 0 Å². The summed E-state index contributed by atoms with van der Waals surface area (Å²) in [5, 5.41) is 7.24. The predicted molar refractivity (Wildman–Crippen MR) is 232 cm³/mol. The molecule has 9 aromatic rings. The molecule has 3 nitrogen and oxygen atoms in total. The van der Waals surface area contributed by atoms with E-state index in [0.717, 1.165) is 34.9 Å². The van der Waals surface area contributed by atoms with Crippen LogP contribution in [0, 0.1) is 0 Å². The van der Waals surface area contributed by atoms with Gasteiger partial charge in [0.25, 0.3) is 0 Å². The normalized spacial score (nSPS) is 13.0. The summed E-state index contributed by atoms with van der Waals surface area (Å²) in [4.78, 5) is 4.75. The number of rotatable bonds is 8. The fourth-order valence-electron chi connectivity index (χ4n) is 8.19. The first-order chi connectivity index (χ1) is 26.8. The average Bonchev–Trinajstić information content (AvgIpc) is 3.90. The molecular formula is C50H39N3S. The van der Waals surface area contributed by atoms with E-state index in [2.05, 4.69) is 202 Å². The Labute approximate surface area is 320 Å². The number of fused-ring (bicyclic) bond motifs is 4. The molecule has 0 saturated heterocycles. The van der Waals surface area contributed by atoms with Gasteiger partial charge in [0.1, 0.15) is 0 Å². The Balaban J connectivity index is 1.04. The van der Waals surface area contributed by atoms with Gasteiger partial charge in [0.05, 0.1) is 11.2 Å². The van der Waals surface area contributed by atoms with Crippen LogP contribution < -0.4 is 9.80 Å². The van der Waals surface area contributed by atoms with Crippen LogP contribution in [0.3, 0.4) is 0 Å². The van der Waals surface area contributed by atoms with Crippen LogP contribution >= 0.6 is 11.3 Å². The van der Waals surface area contributed by atoms with Crippen molar-refractivity contribution in [1.29, 1.82) is 0 Å². The maximum absolute atomic E-state index is 2.42. The minimum Gasteiger partial charge on any atom is -0.321 e. The first kappa shape index (κ1) is 32.3. The molecule has 4 heteroatoms. The molecule has 7 aromatic carbocycles. The number of para-hydroxylation sites is 2. The van der Waals surface area contributed by atoms with Crippen molar-refractivity contribution in [3.8, 4) is 11.1 Å². The lowest BCUT2D eigenvalue weighted by atomic mass is 10.0. The zero-order chi connectivity index (χ0) is 35.8. The van der Waals surface area contributed by atoms with Crippen molar-refractivity contribution in [2.75, 3.05) is 9.80 Å². The maximum atomic E-state index is 2.42. The van der Waals surface area contributed by atoms with Gasteiger partial charge >= 0.3 is 0 Å². The smallest absolute Gasteiger partial charge is 0.0540 e. The topological polar surface area (TPSA) is 11.4 Å². The van der Waals surface area contributed by atoms with Gasteiger partial charge < -0.3 is 14.4 Å². The van der Waals surface area contributed by atoms with Gasteiger partial charge in [0.2, 0.25) is 0 Å². The molecule has 0 fully saturated rings.